The van der Waals surface area contributed by atoms with Crippen molar-refractivity contribution in [3.8, 4) is 0 Å². The van der Waals surface area contributed by atoms with Crippen LogP contribution in [0.2, 0.25) is 0 Å². The Balaban J connectivity index is 2.39. The van der Waals surface area contributed by atoms with Gasteiger partial charge in [-0.3, -0.25) is 0 Å². The summed E-state index contributed by atoms with van der Waals surface area (Å²) in [7, 11) is -1.99. The van der Waals surface area contributed by atoms with Crippen LogP contribution < -0.4 is 0 Å². The number of rotatable bonds is 1. The molecular formula is C9H9BrFNOS. The molecule has 0 spiro atoms. The molecule has 0 bridgehead atoms. The normalized spacial score (nSPS) is 18.7. The molecule has 0 aromatic heterocycles. The lowest BCUT2D eigenvalue weighted by atomic mass is 10.3. The Morgan fingerprint density at radius 3 is 2.64 bits per heavy atom. The Morgan fingerprint density at radius 2 is 2.14 bits per heavy atom. The van der Waals surface area contributed by atoms with Crippen LogP contribution in [0.1, 0.15) is 6.42 Å². The lowest BCUT2D eigenvalue weighted by molar-refractivity contribution is 0.621. The van der Waals surface area contributed by atoms with Crippen molar-refractivity contribution < 1.29 is 8.60 Å². The summed E-state index contributed by atoms with van der Waals surface area (Å²) in [6.07, 6.45) is 0.977. The molecular weight excluding hydrogens is 269 g/mol. The van der Waals surface area contributed by atoms with Crippen LogP contribution in [0.15, 0.2) is 27.0 Å². The van der Waals surface area contributed by atoms with E-state index in [2.05, 4.69) is 20.3 Å². The van der Waals surface area contributed by atoms with Crippen LogP contribution in [0.25, 0.3) is 0 Å². The van der Waals surface area contributed by atoms with E-state index in [0.717, 1.165) is 6.42 Å². The number of hydrogen-bond acceptors (Lipinski definition) is 2. The fourth-order valence-electron chi connectivity index (χ4n) is 1.22. The van der Waals surface area contributed by atoms with Crippen molar-refractivity contribution in [2.75, 3.05) is 11.5 Å². The van der Waals surface area contributed by atoms with Crippen molar-refractivity contribution in [1.82, 2.24) is 0 Å². The van der Waals surface area contributed by atoms with Crippen LogP contribution in [0.4, 0.5) is 10.1 Å². The van der Waals surface area contributed by atoms with Gasteiger partial charge in [0.05, 0.1) is 19.9 Å². The highest BCUT2D eigenvalue weighted by atomic mass is 79.9. The smallest absolute Gasteiger partial charge is 0.137 e. The molecule has 5 heteroatoms. The zero-order chi connectivity index (χ0) is 10.2. The van der Waals surface area contributed by atoms with Crippen LogP contribution >= 0.6 is 15.9 Å². The maximum Gasteiger partial charge on any atom is 0.137 e. The summed E-state index contributed by atoms with van der Waals surface area (Å²) in [5, 5.41) is 0. The van der Waals surface area contributed by atoms with Crippen LogP contribution in [-0.2, 0) is 9.73 Å². The van der Waals surface area contributed by atoms with Gasteiger partial charge in [-0.05, 0) is 40.5 Å². The van der Waals surface area contributed by atoms with E-state index >= 15 is 0 Å². The monoisotopic (exact) mass is 277 g/mol. The highest BCUT2D eigenvalue weighted by Gasteiger charge is 2.19. The summed E-state index contributed by atoms with van der Waals surface area (Å²) in [5.41, 5.74) is 0.586. The summed E-state index contributed by atoms with van der Waals surface area (Å²) < 4.78 is 29.1. The predicted molar refractivity (Wildman–Crippen MR) is 58.7 cm³/mol. The molecule has 1 aliphatic rings. The maximum absolute atomic E-state index is 12.9. The van der Waals surface area contributed by atoms with E-state index in [4.69, 9.17) is 0 Å². The molecule has 14 heavy (non-hydrogen) atoms. The Labute approximate surface area is 90.8 Å². The average molecular weight is 278 g/mol. The van der Waals surface area contributed by atoms with Gasteiger partial charge in [-0.2, -0.15) is 4.36 Å². The van der Waals surface area contributed by atoms with Gasteiger partial charge in [0.1, 0.15) is 5.82 Å². The zero-order valence-electron chi connectivity index (χ0n) is 7.37. The van der Waals surface area contributed by atoms with Crippen molar-refractivity contribution in [3.63, 3.8) is 0 Å². The zero-order valence-corrected chi connectivity index (χ0v) is 9.78. The van der Waals surface area contributed by atoms with E-state index in [-0.39, 0.29) is 5.82 Å². The highest BCUT2D eigenvalue weighted by molar-refractivity contribution is 9.10. The molecule has 1 aromatic carbocycles. The Morgan fingerprint density at radius 1 is 1.43 bits per heavy atom. The number of benzene rings is 1. The predicted octanol–water partition coefficient (Wildman–Crippen LogP) is 3.09. The van der Waals surface area contributed by atoms with Crippen molar-refractivity contribution in [1.29, 1.82) is 0 Å². The molecule has 76 valence electrons. The van der Waals surface area contributed by atoms with E-state index in [1.807, 2.05) is 0 Å². The second-order valence-corrected chi connectivity index (χ2v) is 6.62. The fourth-order valence-corrected chi connectivity index (χ4v) is 3.05. The van der Waals surface area contributed by atoms with Gasteiger partial charge in [-0.15, -0.1) is 0 Å². The summed E-state index contributed by atoms with van der Waals surface area (Å²) in [6.45, 7) is 0. The van der Waals surface area contributed by atoms with Gasteiger partial charge in [-0.1, -0.05) is 0 Å². The third kappa shape index (κ3) is 1.98. The molecule has 0 aliphatic carbocycles. The van der Waals surface area contributed by atoms with Gasteiger partial charge in [0.2, 0.25) is 0 Å². The summed E-state index contributed by atoms with van der Waals surface area (Å²) in [4.78, 5) is 0. The van der Waals surface area contributed by atoms with E-state index in [0.29, 0.717) is 21.7 Å². The van der Waals surface area contributed by atoms with E-state index in [1.165, 1.54) is 6.07 Å². The molecule has 0 unspecified atom stereocenters. The highest BCUT2D eigenvalue weighted by Crippen LogP contribution is 2.25. The minimum atomic E-state index is -1.99. The minimum Gasteiger partial charge on any atom is -0.249 e. The molecule has 1 aliphatic heterocycles. The third-order valence-corrected chi connectivity index (χ3v) is 5.11. The second-order valence-electron chi connectivity index (χ2n) is 3.22. The summed E-state index contributed by atoms with van der Waals surface area (Å²) in [6, 6.07) is 4.43. The lowest BCUT2D eigenvalue weighted by Crippen LogP contribution is -2.22. The molecule has 1 saturated heterocycles. The van der Waals surface area contributed by atoms with Crippen LogP contribution in [0.3, 0.4) is 0 Å². The molecule has 0 atom stereocenters. The standard InChI is InChI=1S/C9H9BrFNOS/c10-8-6-7(2-3-9(8)11)12-14(13)4-1-5-14/h2-3,6H,1,4-5H2. The molecule has 2 rings (SSSR count). The third-order valence-electron chi connectivity index (χ3n) is 2.10. The number of hydrogen-bond donors (Lipinski definition) is 0. The van der Waals surface area contributed by atoms with Gasteiger partial charge < -0.3 is 0 Å². The van der Waals surface area contributed by atoms with Crippen molar-refractivity contribution in [2.45, 2.75) is 6.42 Å². The quantitative estimate of drug-likeness (QED) is 0.776. The topological polar surface area (TPSA) is 29.4 Å². The molecule has 0 saturated carbocycles. The van der Waals surface area contributed by atoms with Crippen molar-refractivity contribution in [2.24, 2.45) is 4.36 Å². The Hall–Kier alpha value is -0.420. The summed E-state index contributed by atoms with van der Waals surface area (Å²) in [5.74, 6) is 1.01. The van der Waals surface area contributed by atoms with Crippen LogP contribution in [-0.4, -0.2) is 15.7 Å². The van der Waals surface area contributed by atoms with E-state index in [1.54, 1.807) is 12.1 Å². The average Bonchev–Trinajstić information content (AvgIpc) is 2.09. The van der Waals surface area contributed by atoms with Gasteiger partial charge in [-0.25, -0.2) is 8.60 Å². The molecule has 1 fully saturated rings. The molecule has 1 heterocycles. The largest absolute Gasteiger partial charge is 0.249 e. The second kappa shape index (κ2) is 3.62. The van der Waals surface area contributed by atoms with Gasteiger partial charge in [0.25, 0.3) is 0 Å². The number of nitrogens with zero attached hydrogens (tertiary/aromatic N) is 1. The first-order chi connectivity index (χ1) is 6.59. The van der Waals surface area contributed by atoms with E-state index in [9.17, 15) is 8.60 Å². The first-order valence-electron chi connectivity index (χ1n) is 4.27. The van der Waals surface area contributed by atoms with Gasteiger partial charge in [0, 0.05) is 11.5 Å². The molecule has 1 aromatic rings. The first-order valence-corrected chi connectivity index (χ1v) is 6.91. The minimum absolute atomic E-state index is 0.326. The van der Waals surface area contributed by atoms with Crippen LogP contribution in [0, 0.1) is 5.82 Å². The molecule has 0 amide bonds. The Kier molecular flexibility index (Phi) is 2.62. The first kappa shape index (κ1) is 10.1. The van der Waals surface area contributed by atoms with Gasteiger partial charge >= 0.3 is 0 Å². The summed E-state index contributed by atoms with van der Waals surface area (Å²) >= 11 is 3.07. The van der Waals surface area contributed by atoms with E-state index < -0.39 is 9.73 Å². The van der Waals surface area contributed by atoms with Crippen LogP contribution in [0.5, 0.6) is 0 Å². The number of halogens is 2. The Bertz CT molecular complexity index is 470. The maximum atomic E-state index is 12.9. The van der Waals surface area contributed by atoms with Crippen molar-refractivity contribution in [3.05, 3.63) is 28.5 Å². The van der Waals surface area contributed by atoms with Crippen molar-refractivity contribution >= 4 is 31.3 Å². The fraction of sp³-hybridized carbons (Fsp3) is 0.333. The molecule has 0 N–H and O–H groups in total. The molecule has 2 nitrogen and oxygen atoms in total. The van der Waals surface area contributed by atoms with Gasteiger partial charge in [0.15, 0.2) is 0 Å². The SMILES string of the molecule is O=S1(=Nc2ccc(F)c(Br)c2)CCC1. The molecule has 0 radical (unpaired) electrons. The lowest BCUT2D eigenvalue weighted by Gasteiger charge is -2.17.